The zero-order chi connectivity index (χ0) is 13.1. The van der Waals surface area contributed by atoms with Gasteiger partial charge in [-0.2, -0.15) is 0 Å². The number of para-hydroxylation sites is 1. The minimum absolute atomic E-state index is 0.278. The van der Waals surface area contributed by atoms with Gasteiger partial charge in [0.05, 0.1) is 10.9 Å². The average Bonchev–Trinajstić information content (AvgIpc) is 2.46. The largest absolute Gasteiger partial charge is 0.408 e. The van der Waals surface area contributed by atoms with Crippen LogP contribution in [0.3, 0.4) is 0 Å². The van der Waals surface area contributed by atoms with Gasteiger partial charge in [0.1, 0.15) is 0 Å². The minimum Gasteiger partial charge on any atom is -0.408 e. The first-order valence-corrected chi connectivity index (χ1v) is 6.94. The van der Waals surface area contributed by atoms with Crippen LogP contribution in [0.15, 0.2) is 33.5 Å². The Balaban J connectivity index is 1.75. The highest BCUT2D eigenvalue weighted by atomic mass is 16.4. The zero-order valence-corrected chi connectivity index (χ0v) is 11.0. The van der Waals surface area contributed by atoms with Gasteiger partial charge in [-0.25, -0.2) is 9.78 Å². The number of hydrogen-bond acceptors (Lipinski definition) is 4. The van der Waals surface area contributed by atoms with Crippen molar-refractivity contribution in [3.63, 3.8) is 0 Å². The van der Waals surface area contributed by atoms with E-state index in [1.54, 1.807) is 6.07 Å². The van der Waals surface area contributed by atoms with E-state index in [4.69, 9.17) is 4.42 Å². The summed E-state index contributed by atoms with van der Waals surface area (Å²) in [6, 6.07) is 7.33. The van der Waals surface area contributed by atoms with Gasteiger partial charge in [-0.15, -0.1) is 0 Å². The second-order valence-corrected chi connectivity index (χ2v) is 5.06. The fourth-order valence-corrected chi connectivity index (χ4v) is 2.61. The van der Waals surface area contributed by atoms with Gasteiger partial charge in [-0.05, 0) is 38.1 Å². The van der Waals surface area contributed by atoms with Crippen molar-refractivity contribution in [2.24, 2.45) is 0 Å². The molecule has 0 unspecified atom stereocenters. The Morgan fingerprint density at radius 1 is 1.16 bits per heavy atom. The molecule has 4 nitrogen and oxygen atoms in total. The SMILES string of the molecule is O=c1oc(CCN2CCCCC2)nc2ccccc12. The lowest BCUT2D eigenvalue weighted by molar-refractivity contribution is 0.224. The molecule has 4 heteroatoms. The lowest BCUT2D eigenvalue weighted by Crippen LogP contribution is -2.31. The molecule has 0 atom stereocenters. The summed E-state index contributed by atoms with van der Waals surface area (Å²) in [4.78, 5) is 18.7. The molecule has 2 aromatic rings. The quantitative estimate of drug-likeness (QED) is 0.847. The number of rotatable bonds is 3. The third-order valence-corrected chi connectivity index (χ3v) is 3.67. The van der Waals surface area contributed by atoms with Crippen molar-refractivity contribution >= 4 is 10.9 Å². The van der Waals surface area contributed by atoms with Crippen LogP contribution in [0.25, 0.3) is 10.9 Å². The maximum atomic E-state index is 11.8. The summed E-state index contributed by atoms with van der Waals surface area (Å²) in [6.45, 7) is 3.23. The first kappa shape index (κ1) is 12.4. The molecule has 100 valence electrons. The number of piperidine rings is 1. The van der Waals surface area contributed by atoms with E-state index in [2.05, 4.69) is 9.88 Å². The molecule has 0 amide bonds. The van der Waals surface area contributed by atoms with Crippen molar-refractivity contribution in [1.82, 2.24) is 9.88 Å². The Morgan fingerprint density at radius 2 is 1.95 bits per heavy atom. The molecule has 0 saturated carbocycles. The summed E-state index contributed by atoms with van der Waals surface area (Å²) in [7, 11) is 0. The van der Waals surface area contributed by atoms with Gasteiger partial charge in [0.15, 0.2) is 5.89 Å². The van der Waals surface area contributed by atoms with Crippen LogP contribution in [0.5, 0.6) is 0 Å². The molecule has 3 rings (SSSR count). The standard InChI is InChI=1S/C15H18N2O2/c18-15-12-6-2-3-7-13(12)16-14(19-15)8-11-17-9-4-1-5-10-17/h2-3,6-7H,1,4-5,8-11H2. The maximum Gasteiger partial charge on any atom is 0.346 e. The molecule has 0 aliphatic carbocycles. The Kier molecular flexibility index (Phi) is 3.60. The predicted octanol–water partition coefficient (Wildman–Crippen LogP) is 2.22. The van der Waals surface area contributed by atoms with E-state index in [9.17, 15) is 4.79 Å². The topological polar surface area (TPSA) is 46.3 Å². The smallest absolute Gasteiger partial charge is 0.346 e. The lowest BCUT2D eigenvalue weighted by Gasteiger charge is -2.25. The summed E-state index contributed by atoms with van der Waals surface area (Å²) in [6.07, 6.45) is 4.59. The molecule has 19 heavy (non-hydrogen) atoms. The molecule has 0 spiro atoms. The van der Waals surface area contributed by atoms with Crippen LogP contribution in [-0.2, 0) is 6.42 Å². The summed E-state index contributed by atoms with van der Waals surface area (Å²) < 4.78 is 5.29. The van der Waals surface area contributed by atoms with Gasteiger partial charge in [-0.1, -0.05) is 18.6 Å². The number of fused-ring (bicyclic) bond motifs is 1. The van der Waals surface area contributed by atoms with Crippen LogP contribution in [0, 0.1) is 0 Å². The molecule has 1 aliphatic rings. The van der Waals surface area contributed by atoms with Crippen molar-refractivity contribution in [1.29, 1.82) is 0 Å². The number of aromatic nitrogens is 1. The highest BCUT2D eigenvalue weighted by Crippen LogP contribution is 2.11. The molecular formula is C15H18N2O2. The molecule has 2 heterocycles. The Hall–Kier alpha value is -1.68. The Labute approximate surface area is 112 Å². The second kappa shape index (κ2) is 5.53. The molecule has 0 bridgehead atoms. The second-order valence-electron chi connectivity index (χ2n) is 5.06. The third-order valence-electron chi connectivity index (χ3n) is 3.67. The molecule has 1 aromatic heterocycles. The predicted molar refractivity (Wildman–Crippen MR) is 74.3 cm³/mol. The van der Waals surface area contributed by atoms with Crippen molar-refractivity contribution in [2.45, 2.75) is 25.7 Å². The Bertz CT molecular complexity index is 615. The van der Waals surface area contributed by atoms with E-state index in [1.165, 1.54) is 19.3 Å². The lowest BCUT2D eigenvalue weighted by atomic mass is 10.1. The molecule has 1 aliphatic heterocycles. The summed E-state index contributed by atoms with van der Waals surface area (Å²) >= 11 is 0. The summed E-state index contributed by atoms with van der Waals surface area (Å²) in [5.41, 5.74) is 0.451. The van der Waals surface area contributed by atoms with Crippen LogP contribution in [-0.4, -0.2) is 29.5 Å². The van der Waals surface area contributed by atoms with Crippen molar-refractivity contribution in [3.05, 3.63) is 40.6 Å². The van der Waals surface area contributed by atoms with Crippen LogP contribution in [0.4, 0.5) is 0 Å². The van der Waals surface area contributed by atoms with Crippen LogP contribution < -0.4 is 5.63 Å². The zero-order valence-electron chi connectivity index (χ0n) is 11.0. The van der Waals surface area contributed by atoms with Crippen molar-refractivity contribution in [2.75, 3.05) is 19.6 Å². The van der Waals surface area contributed by atoms with Gasteiger partial charge < -0.3 is 9.32 Å². The monoisotopic (exact) mass is 258 g/mol. The highest BCUT2D eigenvalue weighted by molar-refractivity contribution is 5.76. The van der Waals surface area contributed by atoms with Crippen LogP contribution >= 0.6 is 0 Å². The average molecular weight is 258 g/mol. The van der Waals surface area contributed by atoms with E-state index in [0.29, 0.717) is 17.7 Å². The molecule has 1 fully saturated rings. The van der Waals surface area contributed by atoms with Gasteiger partial charge >= 0.3 is 5.63 Å². The number of hydrogen-bond donors (Lipinski definition) is 0. The van der Waals surface area contributed by atoms with Crippen molar-refractivity contribution < 1.29 is 4.42 Å². The highest BCUT2D eigenvalue weighted by Gasteiger charge is 2.12. The molecular weight excluding hydrogens is 240 g/mol. The molecule has 0 radical (unpaired) electrons. The molecule has 0 N–H and O–H groups in total. The van der Waals surface area contributed by atoms with E-state index >= 15 is 0 Å². The fraction of sp³-hybridized carbons (Fsp3) is 0.467. The van der Waals surface area contributed by atoms with Gasteiger partial charge in [0.2, 0.25) is 0 Å². The van der Waals surface area contributed by atoms with Crippen LogP contribution in [0.2, 0.25) is 0 Å². The van der Waals surface area contributed by atoms with E-state index in [-0.39, 0.29) is 5.63 Å². The van der Waals surface area contributed by atoms with Crippen LogP contribution in [0.1, 0.15) is 25.2 Å². The van der Waals surface area contributed by atoms with E-state index in [1.807, 2.05) is 18.2 Å². The third kappa shape index (κ3) is 2.84. The van der Waals surface area contributed by atoms with E-state index in [0.717, 1.165) is 25.2 Å². The molecule has 1 aromatic carbocycles. The molecule has 1 saturated heterocycles. The normalized spacial score (nSPS) is 16.8. The first-order chi connectivity index (χ1) is 9.33. The van der Waals surface area contributed by atoms with E-state index < -0.39 is 0 Å². The van der Waals surface area contributed by atoms with Gasteiger partial charge in [0, 0.05) is 13.0 Å². The number of nitrogens with zero attached hydrogens (tertiary/aromatic N) is 2. The minimum atomic E-state index is -0.278. The number of likely N-dealkylation sites (tertiary alicyclic amines) is 1. The maximum absolute atomic E-state index is 11.8. The van der Waals surface area contributed by atoms with Crippen molar-refractivity contribution in [3.8, 4) is 0 Å². The Morgan fingerprint density at radius 3 is 2.79 bits per heavy atom. The first-order valence-electron chi connectivity index (χ1n) is 6.94. The fourth-order valence-electron chi connectivity index (χ4n) is 2.61. The van der Waals surface area contributed by atoms with Gasteiger partial charge in [0.25, 0.3) is 0 Å². The number of benzene rings is 1. The van der Waals surface area contributed by atoms with Gasteiger partial charge in [-0.3, -0.25) is 0 Å². The summed E-state index contributed by atoms with van der Waals surface area (Å²) in [5, 5.41) is 0.559. The summed E-state index contributed by atoms with van der Waals surface area (Å²) in [5.74, 6) is 0.550.